The van der Waals surface area contributed by atoms with E-state index in [1.54, 1.807) is 30.4 Å². The summed E-state index contributed by atoms with van der Waals surface area (Å²) in [7, 11) is 0. The van der Waals surface area contributed by atoms with Crippen molar-refractivity contribution in [3.8, 4) is 0 Å². The van der Waals surface area contributed by atoms with Crippen molar-refractivity contribution >= 4 is 27.7 Å². The summed E-state index contributed by atoms with van der Waals surface area (Å²) in [5, 5.41) is 0.986. The fourth-order valence-corrected chi connectivity index (χ4v) is 1.92. The maximum Gasteiger partial charge on any atom is 0.101 e. The van der Waals surface area contributed by atoms with Gasteiger partial charge in [-0.2, -0.15) is 0 Å². The summed E-state index contributed by atoms with van der Waals surface area (Å²) in [4.78, 5) is 9.38. The van der Waals surface area contributed by atoms with Crippen LogP contribution in [0.3, 0.4) is 0 Å². The van der Waals surface area contributed by atoms with Gasteiger partial charge >= 0.3 is 0 Å². The zero-order valence-electron chi connectivity index (χ0n) is 7.22. The first-order valence-corrected chi connectivity index (χ1v) is 5.65. The van der Waals surface area contributed by atoms with Crippen LogP contribution in [0.4, 0.5) is 0 Å². The van der Waals surface area contributed by atoms with E-state index in [4.69, 9.17) is 0 Å². The molecule has 0 atom stereocenters. The lowest BCUT2D eigenvalue weighted by molar-refractivity contribution is 1.12. The first-order valence-electron chi connectivity index (χ1n) is 4.04. The number of rotatable bonds is 2. The molecule has 0 fully saturated rings. The maximum absolute atomic E-state index is 4.27. The predicted octanol–water partition coefficient (Wildman–Crippen LogP) is 3.39. The van der Waals surface area contributed by atoms with Crippen LogP contribution in [0.5, 0.6) is 0 Å². The van der Waals surface area contributed by atoms with Crippen molar-refractivity contribution in [2.75, 3.05) is 0 Å². The summed E-state index contributed by atoms with van der Waals surface area (Å²) in [5.41, 5.74) is 0. The van der Waals surface area contributed by atoms with E-state index in [9.17, 15) is 0 Å². The van der Waals surface area contributed by atoms with Gasteiger partial charge in [0.1, 0.15) is 5.03 Å². The van der Waals surface area contributed by atoms with Crippen molar-refractivity contribution < 1.29 is 0 Å². The number of hydrogen-bond donors (Lipinski definition) is 0. The van der Waals surface area contributed by atoms with Gasteiger partial charge in [0.25, 0.3) is 0 Å². The van der Waals surface area contributed by atoms with Gasteiger partial charge in [0.05, 0.1) is 0 Å². The molecule has 0 bridgehead atoms. The van der Waals surface area contributed by atoms with Crippen LogP contribution in [0.15, 0.2) is 57.3 Å². The molecule has 2 nitrogen and oxygen atoms in total. The lowest BCUT2D eigenvalue weighted by Gasteiger charge is -1.99. The van der Waals surface area contributed by atoms with E-state index < -0.39 is 0 Å². The molecule has 4 heteroatoms. The van der Waals surface area contributed by atoms with Gasteiger partial charge in [0.15, 0.2) is 0 Å². The highest BCUT2D eigenvalue weighted by atomic mass is 79.9. The summed E-state index contributed by atoms with van der Waals surface area (Å²) >= 11 is 4.97. The molecule has 0 saturated carbocycles. The molecular formula is C10H7BrN2S. The normalized spacial score (nSPS) is 10.1. The van der Waals surface area contributed by atoms with Gasteiger partial charge in [-0.3, -0.25) is 4.98 Å². The molecule has 0 N–H and O–H groups in total. The Morgan fingerprint density at radius 3 is 2.50 bits per heavy atom. The largest absolute Gasteiger partial charge is 0.265 e. The van der Waals surface area contributed by atoms with Crippen molar-refractivity contribution in [2.24, 2.45) is 0 Å². The molecule has 0 amide bonds. The van der Waals surface area contributed by atoms with Crippen LogP contribution in [0.2, 0.25) is 0 Å². The van der Waals surface area contributed by atoms with Crippen LogP contribution in [0.25, 0.3) is 0 Å². The van der Waals surface area contributed by atoms with Crippen molar-refractivity contribution in [3.05, 3.63) is 47.3 Å². The number of hydrogen-bond acceptors (Lipinski definition) is 3. The van der Waals surface area contributed by atoms with Crippen LogP contribution in [-0.2, 0) is 0 Å². The number of pyridine rings is 2. The van der Waals surface area contributed by atoms with Crippen LogP contribution in [-0.4, -0.2) is 9.97 Å². The van der Waals surface area contributed by atoms with E-state index in [1.165, 1.54) is 0 Å². The minimum atomic E-state index is 0.986. The summed E-state index contributed by atoms with van der Waals surface area (Å²) in [6, 6.07) is 7.90. The Balaban J connectivity index is 2.16. The second-order valence-electron chi connectivity index (χ2n) is 2.60. The molecule has 0 aliphatic rings. The lowest BCUT2D eigenvalue weighted by Crippen LogP contribution is -1.79. The Morgan fingerprint density at radius 2 is 1.86 bits per heavy atom. The first kappa shape index (κ1) is 9.68. The Morgan fingerprint density at radius 1 is 1.07 bits per heavy atom. The van der Waals surface area contributed by atoms with Crippen molar-refractivity contribution in [1.82, 2.24) is 9.97 Å². The van der Waals surface area contributed by atoms with E-state index >= 15 is 0 Å². The number of halogens is 1. The Kier molecular flexibility index (Phi) is 3.16. The molecule has 0 aliphatic carbocycles. The molecule has 70 valence electrons. The van der Waals surface area contributed by atoms with Crippen molar-refractivity contribution in [1.29, 1.82) is 0 Å². The second-order valence-corrected chi connectivity index (χ2v) is 4.61. The standard InChI is InChI=1S/C10H7BrN2S/c11-8-1-2-10(13-7-8)14-9-3-5-12-6-4-9/h1-7H. The van der Waals surface area contributed by atoms with E-state index in [0.717, 1.165) is 14.4 Å². The van der Waals surface area contributed by atoms with Gasteiger partial charge in [0.2, 0.25) is 0 Å². The number of nitrogens with zero attached hydrogens (tertiary/aromatic N) is 2. The van der Waals surface area contributed by atoms with Gasteiger partial charge in [-0.05, 0) is 40.2 Å². The summed E-state index contributed by atoms with van der Waals surface area (Å²) in [6.45, 7) is 0. The highest BCUT2D eigenvalue weighted by molar-refractivity contribution is 9.10. The predicted molar refractivity (Wildman–Crippen MR) is 60.3 cm³/mol. The highest BCUT2D eigenvalue weighted by Crippen LogP contribution is 2.25. The minimum absolute atomic E-state index is 0.986. The molecular weight excluding hydrogens is 260 g/mol. The molecule has 2 rings (SSSR count). The molecule has 2 heterocycles. The third-order valence-corrected chi connectivity index (χ3v) is 3.00. The first-order chi connectivity index (χ1) is 6.84. The zero-order valence-corrected chi connectivity index (χ0v) is 9.62. The van der Waals surface area contributed by atoms with Crippen molar-refractivity contribution in [2.45, 2.75) is 9.92 Å². The summed E-state index contributed by atoms with van der Waals surface area (Å²) < 4.78 is 0.997. The summed E-state index contributed by atoms with van der Waals surface area (Å²) in [6.07, 6.45) is 5.35. The third kappa shape index (κ3) is 2.56. The lowest BCUT2D eigenvalue weighted by atomic mass is 10.5. The van der Waals surface area contributed by atoms with E-state index in [2.05, 4.69) is 25.9 Å². The van der Waals surface area contributed by atoms with Gasteiger partial charge in [-0.1, -0.05) is 11.8 Å². The molecule has 0 aliphatic heterocycles. The molecule has 2 aromatic heterocycles. The van der Waals surface area contributed by atoms with Gasteiger partial charge in [-0.15, -0.1) is 0 Å². The monoisotopic (exact) mass is 266 g/mol. The molecule has 0 unspecified atom stereocenters. The van der Waals surface area contributed by atoms with Crippen LogP contribution < -0.4 is 0 Å². The fourth-order valence-electron chi connectivity index (χ4n) is 0.950. The molecule has 0 saturated heterocycles. The SMILES string of the molecule is Brc1ccc(Sc2ccncc2)nc1. The quantitative estimate of drug-likeness (QED) is 0.834. The van der Waals surface area contributed by atoms with Crippen LogP contribution >= 0.6 is 27.7 Å². The Hall–Kier alpha value is -0.870. The van der Waals surface area contributed by atoms with Crippen LogP contribution in [0.1, 0.15) is 0 Å². The summed E-state index contributed by atoms with van der Waals surface area (Å²) in [5.74, 6) is 0. The van der Waals surface area contributed by atoms with Crippen molar-refractivity contribution in [3.63, 3.8) is 0 Å². The molecule has 2 aromatic rings. The number of aromatic nitrogens is 2. The van der Waals surface area contributed by atoms with E-state index in [0.29, 0.717) is 0 Å². The minimum Gasteiger partial charge on any atom is -0.265 e. The molecule has 14 heavy (non-hydrogen) atoms. The smallest absolute Gasteiger partial charge is 0.101 e. The van der Waals surface area contributed by atoms with Gasteiger partial charge < -0.3 is 0 Å². The van der Waals surface area contributed by atoms with Gasteiger partial charge in [0, 0.05) is 28.0 Å². The Bertz CT molecular complexity index is 402. The molecule has 0 aromatic carbocycles. The third-order valence-electron chi connectivity index (χ3n) is 1.57. The molecule has 0 radical (unpaired) electrons. The topological polar surface area (TPSA) is 25.8 Å². The molecule has 0 spiro atoms. The maximum atomic E-state index is 4.27. The highest BCUT2D eigenvalue weighted by Gasteiger charge is 1.97. The van der Waals surface area contributed by atoms with E-state index in [-0.39, 0.29) is 0 Å². The average molecular weight is 267 g/mol. The fraction of sp³-hybridized carbons (Fsp3) is 0. The van der Waals surface area contributed by atoms with Crippen LogP contribution in [0, 0.1) is 0 Å². The van der Waals surface area contributed by atoms with Gasteiger partial charge in [-0.25, -0.2) is 4.98 Å². The second kappa shape index (κ2) is 4.57. The average Bonchev–Trinajstić information content (AvgIpc) is 2.23. The Labute approximate surface area is 94.9 Å². The zero-order chi connectivity index (χ0) is 9.80. The van der Waals surface area contributed by atoms with E-state index in [1.807, 2.05) is 24.3 Å².